The average Bonchev–Trinajstić information content (AvgIpc) is 2.66. The zero-order valence-corrected chi connectivity index (χ0v) is 15.9. The van der Waals surface area contributed by atoms with Crippen LogP contribution in [-0.4, -0.2) is 21.5 Å². The predicted molar refractivity (Wildman–Crippen MR) is 111 cm³/mol. The highest BCUT2D eigenvalue weighted by Crippen LogP contribution is 2.21. The van der Waals surface area contributed by atoms with Crippen LogP contribution in [0.25, 0.3) is 0 Å². The molecular weight excluding hydrogens is 360 g/mol. The summed E-state index contributed by atoms with van der Waals surface area (Å²) in [5.41, 5.74) is 8.18. The quantitative estimate of drug-likeness (QED) is 0.537. The van der Waals surface area contributed by atoms with Crippen LogP contribution in [0.5, 0.6) is 0 Å². The third-order valence-corrected chi connectivity index (χ3v) is 4.39. The summed E-state index contributed by atoms with van der Waals surface area (Å²) >= 11 is 6.02. The highest BCUT2D eigenvalue weighted by Gasteiger charge is 2.12. The van der Waals surface area contributed by atoms with Crippen molar-refractivity contribution in [2.75, 3.05) is 22.9 Å². The maximum absolute atomic E-state index is 6.02. The SMILES string of the molecule is CC[C@H](Nc1nc(N)nc(NCCc2cccc(Cl)c2)n1)c1ccccc1. The number of nitrogen functional groups attached to an aromatic ring is 1. The van der Waals surface area contributed by atoms with Crippen LogP contribution in [-0.2, 0) is 6.42 Å². The normalized spacial score (nSPS) is 11.8. The molecule has 1 atom stereocenters. The van der Waals surface area contributed by atoms with Crippen molar-refractivity contribution < 1.29 is 0 Å². The van der Waals surface area contributed by atoms with E-state index in [9.17, 15) is 0 Å². The minimum absolute atomic E-state index is 0.104. The molecule has 0 aliphatic heterocycles. The number of benzene rings is 2. The lowest BCUT2D eigenvalue weighted by Crippen LogP contribution is -2.16. The molecule has 0 saturated carbocycles. The second kappa shape index (κ2) is 9.19. The van der Waals surface area contributed by atoms with Crippen LogP contribution in [0.3, 0.4) is 0 Å². The smallest absolute Gasteiger partial charge is 0.229 e. The zero-order chi connectivity index (χ0) is 19.1. The lowest BCUT2D eigenvalue weighted by Gasteiger charge is -2.18. The minimum atomic E-state index is 0.104. The van der Waals surface area contributed by atoms with Gasteiger partial charge < -0.3 is 16.4 Å². The Kier molecular flexibility index (Phi) is 6.44. The zero-order valence-electron chi connectivity index (χ0n) is 15.2. The highest BCUT2D eigenvalue weighted by atomic mass is 35.5. The summed E-state index contributed by atoms with van der Waals surface area (Å²) in [5.74, 6) is 1.10. The molecule has 27 heavy (non-hydrogen) atoms. The number of nitrogens with two attached hydrogens (primary N) is 1. The van der Waals surface area contributed by atoms with Crippen LogP contribution >= 0.6 is 11.6 Å². The van der Waals surface area contributed by atoms with Crippen molar-refractivity contribution in [1.29, 1.82) is 0 Å². The third kappa shape index (κ3) is 5.56. The van der Waals surface area contributed by atoms with Gasteiger partial charge in [0.25, 0.3) is 0 Å². The predicted octanol–water partition coefficient (Wildman–Crippen LogP) is 4.33. The second-order valence-corrected chi connectivity index (χ2v) is 6.60. The van der Waals surface area contributed by atoms with Gasteiger partial charge in [0.05, 0.1) is 6.04 Å². The molecule has 0 bridgehead atoms. The fourth-order valence-electron chi connectivity index (χ4n) is 2.81. The van der Waals surface area contributed by atoms with Crippen molar-refractivity contribution in [2.24, 2.45) is 0 Å². The van der Waals surface area contributed by atoms with Crippen molar-refractivity contribution >= 4 is 29.4 Å². The summed E-state index contributed by atoms with van der Waals surface area (Å²) in [6.07, 6.45) is 1.70. The maximum atomic E-state index is 6.02. The number of anilines is 3. The van der Waals surface area contributed by atoms with E-state index in [1.807, 2.05) is 42.5 Å². The van der Waals surface area contributed by atoms with Crippen molar-refractivity contribution in [3.63, 3.8) is 0 Å². The largest absolute Gasteiger partial charge is 0.368 e. The van der Waals surface area contributed by atoms with Gasteiger partial charge in [-0.15, -0.1) is 0 Å². The molecule has 6 nitrogen and oxygen atoms in total. The van der Waals surface area contributed by atoms with Crippen molar-refractivity contribution in [1.82, 2.24) is 15.0 Å². The van der Waals surface area contributed by atoms with E-state index in [1.54, 1.807) is 0 Å². The molecule has 1 heterocycles. The first-order chi connectivity index (χ1) is 13.1. The number of aromatic nitrogens is 3. The Morgan fingerprint density at radius 1 is 1.00 bits per heavy atom. The van der Waals surface area contributed by atoms with Crippen LogP contribution < -0.4 is 16.4 Å². The van der Waals surface area contributed by atoms with E-state index in [4.69, 9.17) is 17.3 Å². The Labute approximate surface area is 164 Å². The van der Waals surface area contributed by atoms with E-state index in [2.05, 4.69) is 44.6 Å². The standard InChI is InChI=1S/C20H23ClN6/c1-2-17(15-8-4-3-5-9-15)24-20-26-18(22)25-19(27-20)23-12-11-14-7-6-10-16(21)13-14/h3-10,13,17H,2,11-12H2,1H3,(H4,22,23,24,25,26,27)/t17-/m0/s1. The number of nitrogens with zero attached hydrogens (tertiary/aromatic N) is 3. The summed E-state index contributed by atoms with van der Waals surface area (Å²) in [6.45, 7) is 2.78. The van der Waals surface area contributed by atoms with Gasteiger partial charge in [0.2, 0.25) is 17.8 Å². The lowest BCUT2D eigenvalue weighted by molar-refractivity contribution is 0.737. The molecule has 0 aliphatic rings. The van der Waals surface area contributed by atoms with E-state index in [-0.39, 0.29) is 12.0 Å². The fraction of sp³-hybridized carbons (Fsp3) is 0.250. The van der Waals surface area contributed by atoms with Gasteiger partial charge in [0.15, 0.2) is 0 Å². The highest BCUT2D eigenvalue weighted by molar-refractivity contribution is 6.30. The molecule has 0 fully saturated rings. The van der Waals surface area contributed by atoms with Crippen LogP contribution in [0.15, 0.2) is 54.6 Å². The Balaban J connectivity index is 1.65. The molecule has 1 aromatic heterocycles. The van der Waals surface area contributed by atoms with Gasteiger partial charge in [-0.05, 0) is 36.1 Å². The third-order valence-electron chi connectivity index (χ3n) is 4.15. The van der Waals surface area contributed by atoms with Crippen LogP contribution in [0.1, 0.15) is 30.5 Å². The molecule has 0 amide bonds. The number of nitrogens with one attached hydrogen (secondary N) is 2. The van der Waals surface area contributed by atoms with Crippen molar-refractivity contribution in [3.8, 4) is 0 Å². The molecule has 3 rings (SSSR count). The van der Waals surface area contributed by atoms with Gasteiger partial charge in [-0.1, -0.05) is 61.0 Å². The average molecular weight is 383 g/mol. The molecule has 4 N–H and O–H groups in total. The molecule has 140 valence electrons. The van der Waals surface area contributed by atoms with Gasteiger partial charge in [-0.3, -0.25) is 0 Å². The van der Waals surface area contributed by atoms with Crippen LogP contribution in [0, 0.1) is 0 Å². The van der Waals surface area contributed by atoms with Gasteiger partial charge in [0, 0.05) is 11.6 Å². The Bertz CT molecular complexity index is 871. The first kappa shape index (κ1) is 18.9. The molecule has 0 saturated heterocycles. The number of hydrogen-bond donors (Lipinski definition) is 3. The molecule has 2 aromatic carbocycles. The van der Waals surface area contributed by atoms with Crippen molar-refractivity contribution in [2.45, 2.75) is 25.8 Å². The molecule has 0 spiro atoms. The van der Waals surface area contributed by atoms with E-state index in [0.29, 0.717) is 18.4 Å². The fourth-order valence-corrected chi connectivity index (χ4v) is 3.02. The Morgan fingerprint density at radius 3 is 2.52 bits per heavy atom. The number of hydrogen-bond acceptors (Lipinski definition) is 6. The number of rotatable bonds is 8. The first-order valence-electron chi connectivity index (χ1n) is 8.95. The summed E-state index contributed by atoms with van der Waals surface area (Å²) < 4.78 is 0. The van der Waals surface area contributed by atoms with E-state index >= 15 is 0 Å². The Hall–Kier alpha value is -2.86. The molecule has 0 radical (unpaired) electrons. The molecule has 3 aromatic rings. The summed E-state index contributed by atoms with van der Waals surface area (Å²) in [5, 5.41) is 7.27. The summed E-state index contributed by atoms with van der Waals surface area (Å²) in [7, 11) is 0. The van der Waals surface area contributed by atoms with Gasteiger partial charge in [0.1, 0.15) is 0 Å². The Morgan fingerprint density at radius 2 is 1.78 bits per heavy atom. The molecule has 0 unspecified atom stereocenters. The number of halogens is 1. The topological polar surface area (TPSA) is 88.8 Å². The second-order valence-electron chi connectivity index (χ2n) is 6.16. The van der Waals surface area contributed by atoms with E-state index < -0.39 is 0 Å². The molecule has 0 aliphatic carbocycles. The van der Waals surface area contributed by atoms with E-state index in [0.717, 1.165) is 23.4 Å². The lowest BCUT2D eigenvalue weighted by atomic mass is 10.1. The maximum Gasteiger partial charge on any atom is 0.229 e. The minimum Gasteiger partial charge on any atom is -0.368 e. The van der Waals surface area contributed by atoms with Gasteiger partial charge in [-0.25, -0.2) is 0 Å². The van der Waals surface area contributed by atoms with Crippen LogP contribution in [0.2, 0.25) is 5.02 Å². The molecular formula is C20H23ClN6. The van der Waals surface area contributed by atoms with Gasteiger partial charge in [-0.2, -0.15) is 15.0 Å². The summed E-state index contributed by atoms with van der Waals surface area (Å²) in [6, 6.07) is 18.1. The van der Waals surface area contributed by atoms with Crippen LogP contribution in [0.4, 0.5) is 17.8 Å². The van der Waals surface area contributed by atoms with E-state index in [1.165, 1.54) is 5.56 Å². The monoisotopic (exact) mass is 382 g/mol. The van der Waals surface area contributed by atoms with Crippen molar-refractivity contribution in [3.05, 3.63) is 70.7 Å². The first-order valence-corrected chi connectivity index (χ1v) is 9.33. The van der Waals surface area contributed by atoms with Gasteiger partial charge >= 0.3 is 0 Å². The molecule has 7 heteroatoms. The summed E-state index contributed by atoms with van der Waals surface area (Å²) in [4.78, 5) is 12.8.